The highest BCUT2D eigenvalue weighted by molar-refractivity contribution is 7.89. The minimum Gasteiger partial charge on any atom is -0.352 e. The average molecular weight is 326 g/mol. The van der Waals surface area contributed by atoms with Gasteiger partial charge in [0.15, 0.2) is 0 Å². The van der Waals surface area contributed by atoms with Crippen LogP contribution < -0.4 is 5.32 Å². The van der Waals surface area contributed by atoms with Gasteiger partial charge in [0, 0.05) is 25.7 Å². The Labute approximate surface area is 133 Å². The van der Waals surface area contributed by atoms with Crippen molar-refractivity contribution in [2.45, 2.75) is 44.4 Å². The number of nitrogens with zero attached hydrogens (tertiary/aromatic N) is 1. The van der Waals surface area contributed by atoms with Crippen LogP contribution in [0.1, 0.15) is 49.9 Å². The number of carbonyl (C=O) groups excluding carboxylic acids is 1. The zero-order valence-corrected chi connectivity index (χ0v) is 14.4. The first-order valence-corrected chi connectivity index (χ1v) is 9.22. The summed E-state index contributed by atoms with van der Waals surface area (Å²) >= 11 is 0. The highest BCUT2D eigenvalue weighted by atomic mass is 32.2. The molecule has 0 atom stereocenters. The van der Waals surface area contributed by atoms with E-state index >= 15 is 0 Å². The van der Waals surface area contributed by atoms with Crippen LogP contribution in [0.5, 0.6) is 0 Å². The number of benzene rings is 1. The zero-order valence-electron chi connectivity index (χ0n) is 13.6. The Morgan fingerprint density at radius 1 is 1.09 bits per heavy atom. The van der Waals surface area contributed by atoms with Crippen LogP contribution in [0.2, 0.25) is 0 Å². The van der Waals surface area contributed by atoms with Crippen molar-refractivity contribution in [1.82, 2.24) is 9.62 Å². The lowest BCUT2D eigenvalue weighted by Gasteiger charge is -2.16. The van der Waals surface area contributed by atoms with Gasteiger partial charge in [0.1, 0.15) is 0 Å². The molecule has 1 aromatic rings. The lowest BCUT2D eigenvalue weighted by molar-refractivity contribution is 0.0953. The number of nitrogens with one attached hydrogen (secondary N) is 1. The van der Waals surface area contributed by atoms with Gasteiger partial charge in [-0.15, -0.1) is 0 Å². The molecule has 0 unspecified atom stereocenters. The monoisotopic (exact) mass is 326 g/mol. The summed E-state index contributed by atoms with van der Waals surface area (Å²) in [5.74, 6) is -0.170. The molecule has 0 saturated heterocycles. The van der Waals surface area contributed by atoms with Crippen molar-refractivity contribution in [2.24, 2.45) is 0 Å². The maximum absolute atomic E-state index is 12.4. The van der Waals surface area contributed by atoms with Gasteiger partial charge in [-0.1, -0.05) is 26.7 Å². The third-order valence-corrected chi connectivity index (χ3v) is 5.34. The number of hydrogen-bond acceptors (Lipinski definition) is 3. The van der Waals surface area contributed by atoms with Crippen molar-refractivity contribution in [3.05, 3.63) is 29.8 Å². The number of amides is 1. The summed E-state index contributed by atoms with van der Waals surface area (Å²) < 4.78 is 26.1. The van der Waals surface area contributed by atoms with Crippen LogP contribution in [0.15, 0.2) is 29.2 Å². The Morgan fingerprint density at radius 3 is 2.23 bits per heavy atom. The van der Waals surface area contributed by atoms with Gasteiger partial charge < -0.3 is 5.32 Å². The van der Waals surface area contributed by atoms with Crippen LogP contribution in [-0.2, 0) is 10.0 Å². The van der Waals surface area contributed by atoms with Crippen LogP contribution in [-0.4, -0.2) is 38.8 Å². The second kappa shape index (κ2) is 8.90. The molecule has 5 nitrogen and oxygen atoms in total. The Balaban J connectivity index is 2.77. The predicted octanol–water partition coefficient (Wildman–Crippen LogP) is 2.64. The molecule has 124 valence electrons. The molecule has 1 rings (SSSR count). The van der Waals surface area contributed by atoms with Gasteiger partial charge in [-0.05, 0) is 37.1 Å². The molecule has 0 fully saturated rings. The normalized spacial score (nSPS) is 11.6. The molecule has 0 saturated carbocycles. The molecule has 6 heteroatoms. The summed E-state index contributed by atoms with van der Waals surface area (Å²) in [6.45, 7) is 5.21. The largest absolute Gasteiger partial charge is 0.352 e. The van der Waals surface area contributed by atoms with E-state index in [1.807, 2.05) is 6.92 Å². The summed E-state index contributed by atoms with van der Waals surface area (Å²) in [5, 5.41) is 2.81. The molecular formula is C16H26N2O3S. The Hall–Kier alpha value is -1.40. The van der Waals surface area contributed by atoms with E-state index in [-0.39, 0.29) is 10.8 Å². The average Bonchev–Trinajstić information content (AvgIpc) is 2.52. The third kappa shape index (κ3) is 5.10. The molecule has 0 aliphatic carbocycles. The topological polar surface area (TPSA) is 66.5 Å². The number of unbranched alkanes of at least 4 members (excludes halogenated alkanes) is 2. The minimum absolute atomic E-state index is 0.170. The summed E-state index contributed by atoms with van der Waals surface area (Å²) in [6, 6.07) is 6.10. The van der Waals surface area contributed by atoms with Crippen molar-refractivity contribution >= 4 is 15.9 Å². The van der Waals surface area contributed by atoms with Gasteiger partial charge in [-0.2, -0.15) is 0 Å². The Morgan fingerprint density at radius 2 is 1.68 bits per heavy atom. The molecule has 0 aliphatic heterocycles. The summed E-state index contributed by atoms with van der Waals surface area (Å²) in [5.41, 5.74) is 0.478. The van der Waals surface area contributed by atoms with E-state index in [1.165, 1.54) is 16.4 Å². The minimum atomic E-state index is -3.47. The fourth-order valence-electron chi connectivity index (χ4n) is 1.94. The summed E-state index contributed by atoms with van der Waals surface area (Å²) in [7, 11) is -1.89. The zero-order chi connectivity index (χ0) is 16.6. The molecule has 0 aliphatic rings. The number of carbonyl (C=O) groups is 1. The first-order valence-electron chi connectivity index (χ1n) is 7.78. The van der Waals surface area contributed by atoms with Crippen molar-refractivity contribution in [1.29, 1.82) is 0 Å². The molecule has 0 bridgehead atoms. The first-order chi connectivity index (χ1) is 10.4. The number of hydrogen-bond donors (Lipinski definition) is 1. The second-order valence-corrected chi connectivity index (χ2v) is 7.36. The van der Waals surface area contributed by atoms with Crippen LogP contribution in [0, 0.1) is 0 Å². The first kappa shape index (κ1) is 18.6. The van der Waals surface area contributed by atoms with Crippen LogP contribution in [0.3, 0.4) is 0 Å². The maximum Gasteiger partial charge on any atom is 0.251 e. The van der Waals surface area contributed by atoms with Crippen molar-refractivity contribution < 1.29 is 13.2 Å². The van der Waals surface area contributed by atoms with Gasteiger partial charge in [0.25, 0.3) is 5.91 Å². The molecule has 1 aromatic carbocycles. The lowest BCUT2D eigenvalue weighted by Crippen LogP contribution is -2.28. The van der Waals surface area contributed by atoms with Crippen LogP contribution >= 0.6 is 0 Å². The highest BCUT2D eigenvalue weighted by Gasteiger charge is 2.20. The van der Waals surface area contributed by atoms with E-state index < -0.39 is 10.0 Å². The van der Waals surface area contributed by atoms with E-state index in [0.717, 1.165) is 25.7 Å². The molecule has 0 aromatic heterocycles. The Kier molecular flexibility index (Phi) is 7.55. The summed E-state index contributed by atoms with van der Waals surface area (Å²) in [4.78, 5) is 12.1. The van der Waals surface area contributed by atoms with E-state index in [0.29, 0.717) is 18.7 Å². The maximum atomic E-state index is 12.4. The van der Waals surface area contributed by atoms with Crippen molar-refractivity contribution in [3.63, 3.8) is 0 Å². The SMILES string of the molecule is CCCCNC(=O)c1ccc(S(=O)(=O)N(C)CCCC)cc1. The van der Waals surface area contributed by atoms with Gasteiger partial charge in [-0.25, -0.2) is 12.7 Å². The molecule has 0 radical (unpaired) electrons. The molecule has 0 spiro atoms. The molecule has 22 heavy (non-hydrogen) atoms. The van der Waals surface area contributed by atoms with E-state index in [2.05, 4.69) is 12.2 Å². The van der Waals surface area contributed by atoms with Gasteiger partial charge in [0.05, 0.1) is 4.90 Å². The fraction of sp³-hybridized carbons (Fsp3) is 0.562. The van der Waals surface area contributed by atoms with Crippen LogP contribution in [0.25, 0.3) is 0 Å². The van der Waals surface area contributed by atoms with Gasteiger partial charge in [0.2, 0.25) is 10.0 Å². The molecule has 0 heterocycles. The van der Waals surface area contributed by atoms with Crippen molar-refractivity contribution in [2.75, 3.05) is 20.1 Å². The second-order valence-electron chi connectivity index (χ2n) is 5.31. The smallest absolute Gasteiger partial charge is 0.251 e. The fourth-order valence-corrected chi connectivity index (χ4v) is 3.15. The van der Waals surface area contributed by atoms with E-state index in [9.17, 15) is 13.2 Å². The van der Waals surface area contributed by atoms with E-state index in [4.69, 9.17) is 0 Å². The standard InChI is InChI=1S/C16H26N2O3S/c1-4-6-12-17-16(19)14-8-10-15(11-9-14)22(20,21)18(3)13-7-5-2/h8-11H,4-7,12-13H2,1-3H3,(H,17,19). The number of sulfonamides is 1. The van der Waals surface area contributed by atoms with E-state index in [1.54, 1.807) is 19.2 Å². The number of rotatable bonds is 9. The quantitative estimate of drug-likeness (QED) is 0.709. The van der Waals surface area contributed by atoms with Crippen molar-refractivity contribution in [3.8, 4) is 0 Å². The third-order valence-electron chi connectivity index (χ3n) is 3.47. The predicted molar refractivity (Wildman–Crippen MR) is 88.4 cm³/mol. The molecule has 1 N–H and O–H groups in total. The lowest BCUT2D eigenvalue weighted by atomic mass is 10.2. The highest BCUT2D eigenvalue weighted by Crippen LogP contribution is 2.15. The molecular weight excluding hydrogens is 300 g/mol. The van der Waals surface area contributed by atoms with Gasteiger partial charge >= 0.3 is 0 Å². The van der Waals surface area contributed by atoms with Crippen LogP contribution in [0.4, 0.5) is 0 Å². The van der Waals surface area contributed by atoms with Gasteiger partial charge in [-0.3, -0.25) is 4.79 Å². The Bertz CT molecular complexity index is 568. The molecule has 1 amide bonds. The summed E-state index contributed by atoms with van der Waals surface area (Å²) in [6.07, 6.45) is 3.71.